The Morgan fingerprint density at radius 1 is 1.26 bits per heavy atom. The summed E-state index contributed by atoms with van der Waals surface area (Å²) < 4.78 is 7.54. The number of ether oxygens (including phenoxy) is 1. The molecule has 1 unspecified atom stereocenters. The van der Waals surface area contributed by atoms with Crippen LogP contribution in [0.2, 0.25) is 0 Å². The lowest BCUT2D eigenvalue weighted by Crippen LogP contribution is -2.31. The van der Waals surface area contributed by atoms with Crippen molar-refractivity contribution < 1.29 is 9.53 Å². The maximum atomic E-state index is 12.5. The van der Waals surface area contributed by atoms with Gasteiger partial charge < -0.3 is 14.2 Å². The predicted octanol–water partition coefficient (Wildman–Crippen LogP) is 3.03. The molecule has 2 heterocycles. The summed E-state index contributed by atoms with van der Waals surface area (Å²) in [5, 5.41) is 0. The number of rotatable bonds is 6. The van der Waals surface area contributed by atoms with Crippen molar-refractivity contribution in [3.63, 3.8) is 0 Å². The van der Waals surface area contributed by atoms with Gasteiger partial charge in [0.05, 0.1) is 6.54 Å². The third-order valence-electron chi connectivity index (χ3n) is 5.06. The van der Waals surface area contributed by atoms with E-state index in [-0.39, 0.29) is 17.6 Å². The van der Waals surface area contributed by atoms with Crippen LogP contribution in [0.25, 0.3) is 0 Å². The van der Waals surface area contributed by atoms with E-state index in [1.807, 2.05) is 17.9 Å². The number of thioether (sulfide) groups is 1. The molecule has 1 fully saturated rings. The SMILES string of the molecule is CSc1ccc(CCC(=O)N2CCC(Oc3cc(C)n(C)c(=O)c3)C2)cc1. The van der Waals surface area contributed by atoms with Crippen molar-refractivity contribution in [1.29, 1.82) is 0 Å². The predicted molar refractivity (Wildman–Crippen MR) is 109 cm³/mol. The molecule has 1 aliphatic rings. The van der Waals surface area contributed by atoms with E-state index in [1.54, 1.807) is 23.4 Å². The van der Waals surface area contributed by atoms with Gasteiger partial charge in [-0.2, -0.15) is 0 Å². The summed E-state index contributed by atoms with van der Waals surface area (Å²) in [5.74, 6) is 0.749. The zero-order valence-electron chi connectivity index (χ0n) is 16.1. The van der Waals surface area contributed by atoms with Gasteiger partial charge in [-0.3, -0.25) is 9.59 Å². The zero-order chi connectivity index (χ0) is 19.4. The van der Waals surface area contributed by atoms with Crippen molar-refractivity contribution in [3.8, 4) is 5.75 Å². The molecule has 1 aromatic heterocycles. The van der Waals surface area contributed by atoms with Crippen LogP contribution in [0, 0.1) is 6.92 Å². The maximum absolute atomic E-state index is 12.5. The third kappa shape index (κ3) is 4.95. The van der Waals surface area contributed by atoms with Crippen LogP contribution in [-0.4, -0.2) is 40.8 Å². The van der Waals surface area contributed by atoms with E-state index in [1.165, 1.54) is 16.5 Å². The van der Waals surface area contributed by atoms with Crippen LogP contribution in [-0.2, 0) is 18.3 Å². The minimum atomic E-state index is -0.0802. The molecule has 0 bridgehead atoms. The Morgan fingerprint density at radius 3 is 2.67 bits per heavy atom. The first-order valence-corrected chi connectivity index (χ1v) is 10.4. The van der Waals surface area contributed by atoms with Crippen LogP contribution < -0.4 is 10.3 Å². The minimum absolute atomic E-state index is 0.0543. The quantitative estimate of drug-likeness (QED) is 0.716. The molecule has 2 aromatic rings. The second-order valence-corrected chi connectivity index (χ2v) is 7.83. The summed E-state index contributed by atoms with van der Waals surface area (Å²) in [6, 6.07) is 11.7. The van der Waals surface area contributed by atoms with Gasteiger partial charge >= 0.3 is 0 Å². The van der Waals surface area contributed by atoms with Crippen LogP contribution in [0.3, 0.4) is 0 Å². The monoisotopic (exact) mass is 386 g/mol. The second kappa shape index (κ2) is 8.65. The lowest BCUT2D eigenvalue weighted by molar-refractivity contribution is -0.130. The van der Waals surface area contributed by atoms with Gasteiger partial charge in [0, 0.05) is 43.1 Å². The lowest BCUT2D eigenvalue weighted by Gasteiger charge is -2.18. The molecule has 1 amide bonds. The Morgan fingerprint density at radius 2 is 2.00 bits per heavy atom. The van der Waals surface area contributed by atoms with Crippen molar-refractivity contribution in [3.05, 3.63) is 58.0 Å². The Bertz CT molecular complexity index is 861. The van der Waals surface area contributed by atoms with E-state index >= 15 is 0 Å². The number of carbonyl (C=O) groups excluding carboxylic acids is 1. The minimum Gasteiger partial charge on any atom is -0.488 e. The van der Waals surface area contributed by atoms with Gasteiger partial charge in [-0.15, -0.1) is 11.8 Å². The number of hydrogen-bond acceptors (Lipinski definition) is 4. The summed E-state index contributed by atoms with van der Waals surface area (Å²) in [4.78, 5) is 27.5. The Balaban J connectivity index is 1.51. The van der Waals surface area contributed by atoms with Crippen LogP contribution >= 0.6 is 11.8 Å². The topological polar surface area (TPSA) is 51.5 Å². The number of benzene rings is 1. The molecule has 3 rings (SSSR count). The molecule has 1 atom stereocenters. The molecule has 0 N–H and O–H groups in total. The van der Waals surface area contributed by atoms with Crippen molar-refractivity contribution in [2.45, 2.75) is 37.2 Å². The van der Waals surface area contributed by atoms with Crippen molar-refractivity contribution >= 4 is 17.7 Å². The molecule has 1 aliphatic heterocycles. The molecule has 144 valence electrons. The van der Waals surface area contributed by atoms with Crippen molar-refractivity contribution in [2.75, 3.05) is 19.3 Å². The molecular weight excluding hydrogens is 360 g/mol. The van der Waals surface area contributed by atoms with Crippen LogP contribution in [0.5, 0.6) is 5.75 Å². The van der Waals surface area contributed by atoms with Gasteiger partial charge in [0.25, 0.3) is 5.56 Å². The lowest BCUT2D eigenvalue weighted by atomic mass is 10.1. The Labute approximate surface area is 164 Å². The first kappa shape index (κ1) is 19.5. The molecule has 1 saturated heterocycles. The molecule has 0 saturated carbocycles. The normalized spacial score (nSPS) is 16.6. The highest BCUT2D eigenvalue weighted by atomic mass is 32.2. The standard InChI is InChI=1S/C21H26N2O3S/c1-15-12-18(13-21(25)22(15)2)26-17-10-11-23(14-17)20(24)9-6-16-4-7-19(27-3)8-5-16/h4-5,7-8,12-13,17H,6,9-11,14H2,1-3H3. The Kier molecular flexibility index (Phi) is 6.26. The molecule has 0 spiro atoms. The third-order valence-corrected chi connectivity index (χ3v) is 5.81. The van der Waals surface area contributed by atoms with Crippen molar-refractivity contribution in [1.82, 2.24) is 9.47 Å². The van der Waals surface area contributed by atoms with Crippen molar-refractivity contribution in [2.24, 2.45) is 7.05 Å². The molecule has 0 aliphatic carbocycles. The number of pyridine rings is 1. The highest BCUT2D eigenvalue weighted by Crippen LogP contribution is 2.20. The van der Waals surface area contributed by atoms with E-state index in [0.29, 0.717) is 25.3 Å². The molecule has 5 nitrogen and oxygen atoms in total. The highest BCUT2D eigenvalue weighted by molar-refractivity contribution is 7.98. The molecule has 27 heavy (non-hydrogen) atoms. The van der Waals surface area contributed by atoms with Gasteiger partial charge in [-0.1, -0.05) is 12.1 Å². The van der Waals surface area contributed by atoms with E-state index in [4.69, 9.17) is 4.74 Å². The molecule has 1 aromatic carbocycles. The Hall–Kier alpha value is -2.21. The van der Waals surface area contributed by atoms with Crippen LogP contribution in [0.15, 0.2) is 46.1 Å². The average Bonchev–Trinajstić information content (AvgIpc) is 3.13. The summed E-state index contributed by atoms with van der Waals surface area (Å²) in [6.07, 6.45) is 4.06. The fourth-order valence-corrected chi connectivity index (χ4v) is 3.66. The first-order chi connectivity index (χ1) is 13.0. The van der Waals surface area contributed by atoms with Gasteiger partial charge in [-0.05, 0) is 43.4 Å². The molecule has 0 radical (unpaired) electrons. The first-order valence-electron chi connectivity index (χ1n) is 9.21. The number of hydrogen-bond donors (Lipinski definition) is 0. The van der Waals surface area contributed by atoms with E-state index < -0.39 is 0 Å². The number of amides is 1. The summed E-state index contributed by atoms with van der Waals surface area (Å²) in [7, 11) is 1.74. The number of nitrogens with zero attached hydrogens (tertiary/aromatic N) is 2. The number of carbonyl (C=O) groups is 1. The van der Waals surface area contributed by atoms with Crippen LogP contribution in [0.4, 0.5) is 0 Å². The fraction of sp³-hybridized carbons (Fsp3) is 0.429. The fourth-order valence-electron chi connectivity index (χ4n) is 3.25. The van der Waals surface area contributed by atoms with Gasteiger partial charge in [0.1, 0.15) is 11.9 Å². The number of aryl methyl sites for hydroxylation is 2. The maximum Gasteiger partial charge on any atom is 0.254 e. The molecule has 6 heteroatoms. The van der Waals surface area contributed by atoms with Gasteiger partial charge in [0.2, 0.25) is 5.91 Å². The zero-order valence-corrected chi connectivity index (χ0v) is 16.9. The largest absolute Gasteiger partial charge is 0.488 e. The summed E-state index contributed by atoms with van der Waals surface area (Å²) in [6.45, 7) is 3.17. The van der Waals surface area contributed by atoms with E-state index in [0.717, 1.165) is 18.5 Å². The number of aromatic nitrogens is 1. The molecular formula is C21H26N2O3S. The second-order valence-electron chi connectivity index (χ2n) is 6.95. The summed E-state index contributed by atoms with van der Waals surface area (Å²) in [5.41, 5.74) is 1.96. The summed E-state index contributed by atoms with van der Waals surface area (Å²) >= 11 is 1.72. The number of likely N-dealkylation sites (tertiary alicyclic amines) is 1. The van der Waals surface area contributed by atoms with E-state index in [9.17, 15) is 9.59 Å². The smallest absolute Gasteiger partial charge is 0.254 e. The van der Waals surface area contributed by atoms with Gasteiger partial charge in [0.15, 0.2) is 0 Å². The highest BCUT2D eigenvalue weighted by Gasteiger charge is 2.27. The average molecular weight is 387 g/mol. The van der Waals surface area contributed by atoms with Gasteiger partial charge in [-0.25, -0.2) is 0 Å². The van der Waals surface area contributed by atoms with Crippen LogP contribution in [0.1, 0.15) is 24.1 Å². The van der Waals surface area contributed by atoms with E-state index in [2.05, 4.69) is 30.5 Å².